The van der Waals surface area contributed by atoms with E-state index in [2.05, 4.69) is 0 Å². The van der Waals surface area contributed by atoms with Gasteiger partial charge in [-0.1, -0.05) is 54.6 Å². The highest BCUT2D eigenvalue weighted by Crippen LogP contribution is 2.21. The van der Waals surface area contributed by atoms with Gasteiger partial charge in [0.05, 0.1) is 0 Å². The number of carbonyl (C=O) groups is 1. The second-order valence-electron chi connectivity index (χ2n) is 4.38. The van der Waals surface area contributed by atoms with E-state index in [-0.39, 0.29) is 5.78 Å². The Morgan fingerprint density at radius 3 is 2.11 bits per heavy atom. The van der Waals surface area contributed by atoms with E-state index < -0.39 is 5.66 Å². The topological polar surface area (TPSA) is 69.1 Å². The minimum absolute atomic E-state index is 0.280. The van der Waals surface area contributed by atoms with Crippen molar-refractivity contribution in [3.63, 3.8) is 0 Å². The Kier molecular flexibility index (Phi) is 3.28. The summed E-state index contributed by atoms with van der Waals surface area (Å²) in [5.41, 5.74) is 12.7. The van der Waals surface area contributed by atoms with Crippen molar-refractivity contribution in [2.24, 2.45) is 11.5 Å². The molecule has 0 spiro atoms. The summed E-state index contributed by atoms with van der Waals surface area (Å²) < 4.78 is 0. The zero-order valence-corrected chi connectivity index (χ0v) is 10.3. The van der Waals surface area contributed by atoms with Gasteiger partial charge in [-0.25, -0.2) is 0 Å². The molecule has 0 saturated carbocycles. The summed E-state index contributed by atoms with van der Waals surface area (Å²) in [5, 5.41) is 0. The lowest BCUT2D eigenvalue weighted by Gasteiger charge is -2.25. The van der Waals surface area contributed by atoms with E-state index >= 15 is 0 Å². The lowest BCUT2D eigenvalue weighted by atomic mass is 9.89. The molecule has 4 N–H and O–H groups in total. The fourth-order valence-corrected chi connectivity index (χ4v) is 1.99. The third kappa shape index (κ3) is 2.18. The van der Waals surface area contributed by atoms with Gasteiger partial charge in [-0.2, -0.15) is 0 Å². The maximum atomic E-state index is 12.4. The average molecular weight is 240 g/mol. The van der Waals surface area contributed by atoms with Gasteiger partial charge in [0.1, 0.15) is 0 Å². The fourth-order valence-electron chi connectivity index (χ4n) is 1.99. The Balaban J connectivity index is 2.44. The number of nitrogens with two attached hydrogens (primary N) is 2. The fraction of sp³-hybridized carbons (Fsp3) is 0.133. The van der Waals surface area contributed by atoms with E-state index in [0.29, 0.717) is 11.1 Å². The Labute approximate surface area is 106 Å². The summed E-state index contributed by atoms with van der Waals surface area (Å²) in [6.45, 7) is 1.89. The molecule has 2 aromatic rings. The van der Waals surface area contributed by atoms with Crippen molar-refractivity contribution in [2.75, 3.05) is 0 Å². The third-order valence-electron chi connectivity index (χ3n) is 3.00. The van der Waals surface area contributed by atoms with E-state index in [4.69, 9.17) is 11.5 Å². The van der Waals surface area contributed by atoms with E-state index in [1.165, 1.54) is 0 Å². The largest absolute Gasteiger partial charge is 0.303 e. The highest BCUT2D eigenvalue weighted by molar-refractivity contribution is 6.03. The van der Waals surface area contributed by atoms with Crippen LogP contribution in [0, 0.1) is 6.92 Å². The summed E-state index contributed by atoms with van der Waals surface area (Å²) in [6, 6.07) is 16.3. The van der Waals surface area contributed by atoms with Crippen LogP contribution in [0.3, 0.4) is 0 Å². The Morgan fingerprint density at radius 1 is 0.944 bits per heavy atom. The average Bonchev–Trinajstić information content (AvgIpc) is 2.39. The van der Waals surface area contributed by atoms with Gasteiger partial charge >= 0.3 is 0 Å². The quantitative estimate of drug-likeness (QED) is 0.636. The Bertz CT molecular complexity index is 562. The van der Waals surface area contributed by atoms with Crippen molar-refractivity contribution in [1.82, 2.24) is 0 Å². The number of hydrogen-bond donors (Lipinski definition) is 2. The molecule has 0 bridgehead atoms. The van der Waals surface area contributed by atoms with Crippen molar-refractivity contribution < 1.29 is 4.79 Å². The predicted molar refractivity (Wildman–Crippen MR) is 72.0 cm³/mol. The lowest BCUT2D eigenvalue weighted by molar-refractivity contribution is 0.0889. The first-order chi connectivity index (χ1) is 8.53. The first-order valence-corrected chi connectivity index (χ1v) is 5.77. The van der Waals surface area contributed by atoms with Crippen LogP contribution in [-0.2, 0) is 5.66 Å². The zero-order valence-electron chi connectivity index (χ0n) is 10.3. The molecule has 0 radical (unpaired) electrons. The van der Waals surface area contributed by atoms with Gasteiger partial charge in [-0.15, -0.1) is 0 Å². The van der Waals surface area contributed by atoms with Crippen LogP contribution in [-0.4, -0.2) is 5.78 Å². The normalized spacial score (nSPS) is 11.3. The number of benzene rings is 2. The Hall–Kier alpha value is -1.97. The highest BCUT2D eigenvalue weighted by Gasteiger charge is 2.33. The van der Waals surface area contributed by atoms with Crippen LogP contribution in [0.2, 0.25) is 0 Å². The molecule has 3 heteroatoms. The first kappa shape index (κ1) is 12.5. The Morgan fingerprint density at radius 2 is 1.50 bits per heavy atom. The molecule has 0 heterocycles. The maximum Gasteiger partial charge on any atom is 0.201 e. The summed E-state index contributed by atoms with van der Waals surface area (Å²) >= 11 is 0. The summed E-state index contributed by atoms with van der Waals surface area (Å²) in [6.07, 6.45) is 0. The lowest BCUT2D eigenvalue weighted by Crippen LogP contribution is -2.53. The minimum Gasteiger partial charge on any atom is -0.303 e. The molecule has 92 valence electrons. The number of hydrogen-bond acceptors (Lipinski definition) is 3. The van der Waals surface area contributed by atoms with Crippen molar-refractivity contribution in [3.05, 3.63) is 71.3 Å². The van der Waals surface area contributed by atoms with Crippen LogP contribution in [0.4, 0.5) is 0 Å². The molecule has 0 aromatic heterocycles. The maximum absolute atomic E-state index is 12.4. The van der Waals surface area contributed by atoms with E-state index in [1.54, 1.807) is 30.3 Å². The smallest absolute Gasteiger partial charge is 0.201 e. The molecule has 0 aliphatic rings. The molecule has 2 aromatic carbocycles. The van der Waals surface area contributed by atoms with Gasteiger partial charge in [0.25, 0.3) is 0 Å². The molecular weight excluding hydrogens is 224 g/mol. The monoisotopic (exact) mass is 240 g/mol. The summed E-state index contributed by atoms with van der Waals surface area (Å²) in [5.74, 6) is -0.280. The van der Waals surface area contributed by atoms with Crippen LogP contribution in [0.1, 0.15) is 21.5 Å². The van der Waals surface area contributed by atoms with E-state index in [1.807, 2.05) is 31.2 Å². The minimum atomic E-state index is -1.49. The molecule has 0 atom stereocenters. The van der Waals surface area contributed by atoms with Crippen LogP contribution in [0.5, 0.6) is 0 Å². The van der Waals surface area contributed by atoms with Crippen molar-refractivity contribution >= 4 is 5.78 Å². The standard InChI is InChI=1S/C15H16N2O/c1-11-7-5-6-10-13(11)15(16,17)14(18)12-8-3-2-4-9-12/h2-10H,16-17H2,1H3. The van der Waals surface area contributed by atoms with Crippen LogP contribution < -0.4 is 11.5 Å². The number of carbonyl (C=O) groups excluding carboxylic acids is 1. The van der Waals surface area contributed by atoms with Gasteiger partial charge in [0, 0.05) is 5.56 Å². The van der Waals surface area contributed by atoms with E-state index in [0.717, 1.165) is 5.56 Å². The zero-order chi connectivity index (χ0) is 13.2. The molecular formula is C15H16N2O. The van der Waals surface area contributed by atoms with Crippen LogP contribution >= 0.6 is 0 Å². The predicted octanol–water partition coefficient (Wildman–Crippen LogP) is 1.95. The van der Waals surface area contributed by atoms with Gasteiger partial charge in [-0.3, -0.25) is 4.79 Å². The summed E-state index contributed by atoms with van der Waals surface area (Å²) in [4.78, 5) is 12.4. The molecule has 0 unspecified atom stereocenters. The van der Waals surface area contributed by atoms with E-state index in [9.17, 15) is 4.79 Å². The van der Waals surface area contributed by atoms with Crippen molar-refractivity contribution in [2.45, 2.75) is 12.6 Å². The number of rotatable bonds is 3. The third-order valence-corrected chi connectivity index (χ3v) is 3.00. The molecule has 18 heavy (non-hydrogen) atoms. The van der Waals surface area contributed by atoms with Crippen molar-refractivity contribution in [1.29, 1.82) is 0 Å². The number of ketones is 1. The van der Waals surface area contributed by atoms with Gasteiger partial charge < -0.3 is 11.5 Å². The van der Waals surface area contributed by atoms with Crippen molar-refractivity contribution in [3.8, 4) is 0 Å². The van der Waals surface area contributed by atoms with Crippen LogP contribution in [0.25, 0.3) is 0 Å². The molecule has 0 fully saturated rings. The SMILES string of the molecule is Cc1ccccc1C(N)(N)C(=O)c1ccccc1. The number of aryl methyl sites for hydroxylation is 1. The number of Topliss-reactive ketones (excluding diaryl/α,β-unsaturated/α-hetero) is 1. The van der Waals surface area contributed by atoms with Crippen LogP contribution in [0.15, 0.2) is 54.6 Å². The summed E-state index contributed by atoms with van der Waals surface area (Å²) in [7, 11) is 0. The second kappa shape index (κ2) is 4.72. The molecule has 0 aliphatic carbocycles. The molecule has 0 saturated heterocycles. The van der Waals surface area contributed by atoms with Gasteiger partial charge in [0.2, 0.25) is 5.78 Å². The molecule has 2 rings (SSSR count). The van der Waals surface area contributed by atoms with Gasteiger partial charge in [-0.05, 0) is 18.1 Å². The molecule has 3 nitrogen and oxygen atoms in total. The van der Waals surface area contributed by atoms with Gasteiger partial charge in [0.15, 0.2) is 5.66 Å². The second-order valence-corrected chi connectivity index (χ2v) is 4.38. The molecule has 0 amide bonds. The molecule has 0 aliphatic heterocycles. The highest BCUT2D eigenvalue weighted by atomic mass is 16.1. The first-order valence-electron chi connectivity index (χ1n) is 5.77.